The third kappa shape index (κ3) is 2.66. The van der Waals surface area contributed by atoms with Gasteiger partial charge in [0.15, 0.2) is 0 Å². The summed E-state index contributed by atoms with van der Waals surface area (Å²) >= 11 is 2.01. The van der Waals surface area contributed by atoms with E-state index in [1.54, 1.807) is 0 Å². The van der Waals surface area contributed by atoms with Gasteiger partial charge in [-0.25, -0.2) is 0 Å². The van der Waals surface area contributed by atoms with Gasteiger partial charge in [0.2, 0.25) is 5.91 Å². The zero-order valence-corrected chi connectivity index (χ0v) is 12.8. The number of amides is 1. The van der Waals surface area contributed by atoms with E-state index in [1.165, 1.54) is 29.9 Å². The SMILES string of the molecule is CC1Cc2cc(N)ccc2N1C(=O)CC1CCSCC1. The Labute approximate surface area is 124 Å². The summed E-state index contributed by atoms with van der Waals surface area (Å²) in [4.78, 5) is 14.7. The van der Waals surface area contributed by atoms with Crippen LogP contribution >= 0.6 is 11.8 Å². The lowest BCUT2D eigenvalue weighted by molar-refractivity contribution is -0.119. The maximum absolute atomic E-state index is 12.7. The first-order valence-electron chi connectivity index (χ1n) is 7.43. The number of hydrogen-bond donors (Lipinski definition) is 1. The number of fused-ring (bicyclic) bond motifs is 1. The summed E-state index contributed by atoms with van der Waals surface area (Å²) in [5.41, 5.74) is 8.91. The largest absolute Gasteiger partial charge is 0.399 e. The van der Waals surface area contributed by atoms with Gasteiger partial charge in [-0.05, 0) is 67.4 Å². The lowest BCUT2D eigenvalue weighted by Crippen LogP contribution is -2.37. The zero-order valence-electron chi connectivity index (χ0n) is 12.0. The fourth-order valence-electron chi connectivity index (χ4n) is 3.33. The molecule has 20 heavy (non-hydrogen) atoms. The molecule has 2 aliphatic heterocycles. The highest BCUT2D eigenvalue weighted by Gasteiger charge is 2.32. The van der Waals surface area contributed by atoms with Crippen molar-refractivity contribution >= 4 is 29.0 Å². The molecular formula is C16H22N2OS. The number of thioether (sulfide) groups is 1. The summed E-state index contributed by atoms with van der Waals surface area (Å²) in [6.07, 6.45) is 4.00. The number of nitrogens with zero attached hydrogens (tertiary/aromatic N) is 1. The predicted molar refractivity (Wildman–Crippen MR) is 86.2 cm³/mol. The Balaban J connectivity index is 1.75. The minimum atomic E-state index is 0.261. The van der Waals surface area contributed by atoms with Crippen molar-refractivity contribution in [2.24, 2.45) is 5.92 Å². The lowest BCUT2D eigenvalue weighted by atomic mass is 9.98. The summed E-state index contributed by atoms with van der Waals surface area (Å²) in [6, 6.07) is 6.17. The summed E-state index contributed by atoms with van der Waals surface area (Å²) in [5.74, 6) is 3.29. The number of nitrogen functional groups attached to an aromatic ring is 1. The maximum atomic E-state index is 12.7. The number of hydrogen-bond acceptors (Lipinski definition) is 3. The normalized spacial score (nSPS) is 22.9. The van der Waals surface area contributed by atoms with Gasteiger partial charge in [-0.1, -0.05) is 0 Å². The minimum Gasteiger partial charge on any atom is -0.399 e. The highest BCUT2D eigenvalue weighted by atomic mass is 32.2. The monoisotopic (exact) mass is 290 g/mol. The Morgan fingerprint density at radius 3 is 2.90 bits per heavy atom. The molecule has 0 radical (unpaired) electrons. The first-order valence-corrected chi connectivity index (χ1v) is 8.59. The topological polar surface area (TPSA) is 46.3 Å². The van der Waals surface area contributed by atoms with E-state index in [9.17, 15) is 4.79 Å². The van der Waals surface area contributed by atoms with Crippen molar-refractivity contribution in [3.8, 4) is 0 Å². The van der Waals surface area contributed by atoms with Crippen LogP contribution in [0.15, 0.2) is 18.2 Å². The van der Waals surface area contributed by atoms with E-state index in [0.717, 1.165) is 17.8 Å². The number of rotatable bonds is 2. The van der Waals surface area contributed by atoms with E-state index in [0.29, 0.717) is 12.3 Å². The first-order chi connectivity index (χ1) is 9.65. The second-order valence-electron chi connectivity index (χ2n) is 5.96. The molecule has 1 saturated heterocycles. The molecule has 0 bridgehead atoms. The number of nitrogens with two attached hydrogens (primary N) is 1. The molecule has 2 heterocycles. The predicted octanol–water partition coefficient (Wildman–Crippen LogP) is 3.08. The van der Waals surface area contributed by atoms with E-state index in [-0.39, 0.29) is 11.9 Å². The molecule has 3 nitrogen and oxygen atoms in total. The standard InChI is InChI=1S/C16H22N2OS/c1-11-8-13-10-14(17)2-3-15(13)18(11)16(19)9-12-4-6-20-7-5-12/h2-3,10-12H,4-9,17H2,1H3. The number of carbonyl (C=O) groups is 1. The van der Waals surface area contributed by atoms with Gasteiger partial charge in [0.1, 0.15) is 0 Å². The van der Waals surface area contributed by atoms with Crippen LogP contribution in [0.25, 0.3) is 0 Å². The van der Waals surface area contributed by atoms with Gasteiger partial charge in [-0.3, -0.25) is 4.79 Å². The van der Waals surface area contributed by atoms with Crippen molar-refractivity contribution in [1.29, 1.82) is 0 Å². The maximum Gasteiger partial charge on any atom is 0.227 e. The molecule has 2 N–H and O–H groups in total. The molecule has 1 atom stereocenters. The van der Waals surface area contributed by atoms with Crippen molar-refractivity contribution in [2.75, 3.05) is 22.1 Å². The average molecular weight is 290 g/mol. The van der Waals surface area contributed by atoms with Gasteiger partial charge in [0.25, 0.3) is 0 Å². The van der Waals surface area contributed by atoms with Gasteiger partial charge in [-0.2, -0.15) is 11.8 Å². The molecule has 1 aromatic carbocycles. The van der Waals surface area contributed by atoms with Crippen LogP contribution in [0.2, 0.25) is 0 Å². The van der Waals surface area contributed by atoms with Crippen molar-refractivity contribution < 1.29 is 4.79 Å². The quantitative estimate of drug-likeness (QED) is 0.851. The average Bonchev–Trinajstić information content (AvgIpc) is 2.74. The Morgan fingerprint density at radius 1 is 1.40 bits per heavy atom. The third-order valence-electron chi connectivity index (χ3n) is 4.39. The summed E-state index contributed by atoms with van der Waals surface area (Å²) < 4.78 is 0. The van der Waals surface area contributed by atoms with Crippen molar-refractivity contribution in [3.63, 3.8) is 0 Å². The third-order valence-corrected chi connectivity index (χ3v) is 5.44. The van der Waals surface area contributed by atoms with Crippen LogP contribution in [0.5, 0.6) is 0 Å². The second-order valence-corrected chi connectivity index (χ2v) is 7.19. The molecule has 1 fully saturated rings. The number of anilines is 2. The van der Waals surface area contributed by atoms with Crippen LogP contribution in [0.3, 0.4) is 0 Å². The Bertz CT molecular complexity index is 511. The second kappa shape index (κ2) is 5.68. The van der Waals surface area contributed by atoms with Gasteiger partial charge in [0.05, 0.1) is 0 Å². The number of benzene rings is 1. The Kier molecular flexibility index (Phi) is 3.92. The zero-order chi connectivity index (χ0) is 14.1. The summed E-state index contributed by atoms with van der Waals surface area (Å²) in [6.45, 7) is 2.13. The molecule has 1 amide bonds. The minimum absolute atomic E-state index is 0.261. The van der Waals surface area contributed by atoms with Gasteiger partial charge < -0.3 is 10.6 Å². The van der Waals surface area contributed by atoms with Crippen LogP contribution < -0.4 is 10.6 Å². The van der Waals surface area contributed by atoms with Crippen LogP contribution in [0.4, 0.5) is 11.4 Å². The molecule has 1 aromatic rings. The molecule has 0 spiro atoms. The smallest absolute Gasteiger partial charge is 0.227 e. The van der Waals surface area contributed by atoms with Gasteiger partial charge in [0, 0.05) is 23.8 Å². The molecule has 3 rings (SSSR count). The molecule has 4 heteroatoms. The molecule has 0 aliphatic carbocycles. The van der Waals surface area contributed by atoms with Crippen LogP contribution in [0.1, 0.15) is 31.7 Å². The fraction of sp³-hybridized carbons (Fsp3) is 0.562. The first kappa shape index (κ1) is 13.8. The lowest BCUT2D eigenvalue weighted by Gasteiger charge is -2.27. The van der Waals surface area contributed by atoms with E-state index in [2.05, 4.69) is 6.92 Å². The van der Waals surface area contributed by atoms with Crippen molar-refractivity contribution in [1.82, 2.24) is 0 Å². The Morgan fingerprint density at radius 2 is 2.15 bits per heavy atom. The fourth-order valence-corrected chi connectivity index (χ4v) is 4.53. The molecule has 108 valence electrons. The van der Waals surface area contributed by atoms with Crippen LogP contribution in [-0.2, 0) is 11.2 Å². The van der Waals surface area contributed by atoms with E-state index in [4.69, 9.17) is 5.73 Å². The van der Waals surface area contributed by atoms with E-state index >= 15 is 0 Å². The molecular weight excluding hydrogens is 268 g/mol. The highest BCUT2D eigenvalue weighted by molar-refractivity contribution is 7.99. The van der Waals surface area contributed by atoms with Gasteiger partial charge in [-0.15, -0.1) is 0 Å². The number of carbonyl (C=O) groups excluding carboxylic acids is 1. The molecule has 1 unspecified atom stereocenters. The molecule has 0 aromatic heterocycles. The van der Waals surface area contributed by atoms with Crippen LogP contribution in [-0.4, -0.2) is 23.5 Å². The van der Waals surface area contributed by atoms with Gasteiger partial charge >= 0.3 is 0 Å². The summed E-state index contributed by atoms with van der Waals surface area (Å²) in [5, 5.41) is 0. The molecule has 0 saturated carbocycles. The van der Waals surface area contributed by atoms with Crippen LogP contribution in [0, 0.1) is 5.92 Å². The Hall–Kier alpha value is -1.16. The molecule has 2 aliphatic rings. The highest BCUT2D eigenvalue weighted by Crippen LogP contribution is 2.35. The van der Waals surface area contributed by atoms with Crippen molar-refractivity contribution in [3.05, 3.63) is 23.8 Å². The summed E-state index contributed by atoms with van der Waals surface area (Å²) in [7, 11) is 0. The van der Waals surface area contributed by atoms with Crippen molar-refractivity contribution in [2.45, 2.75) is 38.6 Å². The van der Waals surface area contributed by atoms with E-state index in [1.807, 2.05) is 34.9 Å². The van der Waals surface area contributed by atoms with E-state index < -0.39 is 0 Å².